The number of carbonyl (C=O) groups excluding carboxylic acids is 2. The van der Waals surface area contributed by atoms with Gasteiger partial charge in [-0.05, 0) is 24.6 Å². The molecular formula is C14H16ClN5O2. The maximum absolute atomic E-state index is 12.0. The largest absolute Gasteiger partial charge is 0.324 e. The van der Waals surface area contributed by atoms with Gasteiger partial charge < -0.3 is 10.6 Å². The predicted octanol–water partition coefficient (Wildman–Crippen LogP) is 2.23. The summed E-state index contributed by atoms with van der Waals surface area (Å²) >= 11 is 6.00. The first-order valence-electron chi connectivity index (χ1n) is 6.74. The number of rotatable bonds is 5. The molecule has 22 heavy (non-hydrogen) atoms. The summed E-state index contributed by atoms with van der Waals surface area (Å²) in [4.78, 5) is 23.2. The minimum Gasteiger partial charge on any atom is -0.324 e. The van der Waals surface area contributed by atoms with E-state index in [1.54, 1.807) is 25.1 Å². The molecule has 0 fully saturated rings. The molecule has 2 amide bonds. The first kappa shape index (κ1) is 16.0. The lowest BCUT2D eigenvalue weighted by molar-refractivity contribution is -0.117. The summed E-state index contributed by atoms with van der Waals surface area (Å²) in [6.45, 7) is 3.55. The van der Waals surface area contributed by atoms with Crippen LogP contribution in [0.15, 0.2) is 24.4 Å². The highest BCUT2D eigenvalue weighted by Gasteiger charge is 2.10. The Labute approximate surface area is 132 Å². The molecular weight excluding hydrogens is 306 g/mol. The van der Waals surface area contributed by atoms with Crippen molar-refractivity contribution in [2.24, 2.45) is 0 Å². The first-order chi connectivity index (χ1) is 10.5. The standard InChI is InChI=1S/C14H16ClN5O2/c1-3-13(21)17-12-7-20(19-18-12)8-14(22)16-11-6-4-5-10(15)9(11)2/h4-7H,3,8H2,1-2H3,(H,16,22)(H,17,21). The number of amides is 2. The van der Waals surface area contributed by atoms with Gasteiger partial charge in [-0.15, -0.1) is 5.10 Å². The van der Waals surface area contributed by atoms with Crippen molar-refractivity contribution in [1.82, 2.24) is 15.0 Å². The molecule has 2 rings (SSSR count). The topological polar surface area (TPSA) is 88.9 Å². The third-order valence-electron chi connectivity index (χ3n) is 2.97. The molecule has 0 unspecified atom stereocenters. The predicted molar refractivity (Wildman–Crippen MR) is 83.8 cm³/mol. The van der Waals surface area contributed by atoms with E-state index in [9.17, 15) is 9.59 Å². The van der Waals surface area contributed by atoms with Gasteiger partial charge in [0.05, 0.1) is 6.20 Å². The van der Waals surface area contributed by atoms with Gasteiger partial charge in [-0.25, -0.2) is 4.68 Å². The number of nitrogens with one attached hydrogen (secondary N) is 2. The van der Waals surface area contributed by atoms with Crippen molar-refractivity contribution in [3.8, 4) is 0 Å². The van der Waals surface area contributed by atoms with Crippen molar-refractivity contribution >= 4 is 34.9 Å². The number of benzene rings is 1. The van der Waals surface area contributed by atoms with E-state index in [0.717, 1.165) is 5.56 Å². The van der Waals surface area contributed by atoms with Crippen LogP contribution in [0.2, 0.25) is 5.02 Å². The molecule has 0 aliphatic heterocycles. The second-order valence-corrected chi connectivity index (χ2v) is 5.07. The van der Waals surface area contributed by atoms with Crippen LogP contribution in [0.5, 0.6) is 0 Å². The second kappa shape index (κ2) is 7.04. The molecule has 2 aromatic rings. The molecule has 1 heterocycles. The molecule has 8 heteroatoms. The van der Waals surface area contributed by atoms with Crippen molar-refractivity contribution in [2.45, 2.75) is 26.8 Å². The third kappa shape index (κ3) is 4.05. The summed E-state index contributed by atoms with van der Waals surface area (Å²) in [6, 6.07) is 5.29. The third-order valence-corrected chi connectivity index (χ3v) is 3.38. The second-order valence-electron chi connectivity index (χ2n) is 4.66. The zero-order valence-corrected chi connectivity index (χ0v) is 13.0. The average Bonchev–Trinajstić information content (AvgIpc) is 2.90. The summed E-state index contributed by atoms with van der Waals surface area (Å²) in [5, 5.41) is 13.5. The monoisotopic (exact) mass is 321 g/mol. The molecule has 7 nitrogen and oxygen atoms in total. The fourth-order valence-electron chi connectivity index (χ4n) is 1.74. The lowest BCUT2D eigenvalue weighted by Gasteiger charge is -2.09. The van der Waals surface area contributed by atoms with Crippen LogP contribution >= 0.6 is 11.6 Å². The van der Waals surface area contributed by atoms with Crippen LogP contribution in [0.1, 0.15) is 18.9 Å². The molecule has 1 aromatic heterocycles. The van der Waals surface area contributed by atoms with E-state index in [0.29, 0.717) is 22.9 Å². The number of aromatic nitrogens is 3. The Hall–Kier alpha value is -2.41. The first-order valence-corrected chi connectivity index (χ1v) is 7.12. The van der Waals surface area contributed by atoms with Crippen LogP contribution in [0, 0.1) is 6.92 Å². The number of hydrogen-bond acceptors (Lipinski definition) is 4. The normalized spacial score (nSPS) is 10.3. The van der Waals surface area contributed by atoms with Crippen LogP contribution in [-0.2, 0) is 16.1 Å². The van der Waals surface area contributed by atoms with Crippen LogP contribution < -0.4 is 10.6 Å². The van der Waals surface area contributed by atoms with Gasteiger partial charge in [-0.2, -0.15) is 0 Å². The lowest BCUT2D eigenvalue weighted by atomic mass is 10.2. The van der Waals surface area contributed by atoms with Crippen LogP contribution in [0.3, 0.4) is 0 Å². The number of hydrogen-bond donors (Lipinski definition) is 2. The molecule has 116 valence electrons. The lowest BCUT2D eigenvalue weighted by Crippen LogP contribution is -2.19. The highest BCUT2D eigenvalue weighted by atomic mass is 35.5. The van der Waals surface area contributed by atoms with E-state index in [2.05, 4.69) is 20.9 Å². The highest BCUT2D eigenvalue weighted by molar-refractivity contribution is 6.31. The minimum atomic E-state index is -0.261. The van der Waals surface area contributed by atoms with Crippen LogP contribution in [-0.4, -0.2) is 26.8 Å². The quantitative estimate of drug-likeness (QED) is 0.883. The molecule has 0 bridgehead atoms. The number of carbonyl (C=O) groups is 2. The van der Waals surface area contributed by atoms with Gasteiger partial charge in [0.1, 0.15) is 6.54 Å². The van der Waals surface area contributed by atoms with Gasteiger partial charge in [0.2, 0.25) is 11.8 Å². The molecule has 0 saturated heterocycles. The Morgan fingerprint density at radius 2 is 2.05 bits per heavy atom. The van der Waals surface area contributed by atoms with Crippen molar-refractivity contribution in [2.75, 3.05) is 10.6 Å². The molecule has 0 aliphatic rings. The Morgan fingerprint density at radius 3 is 2.77 bits per heavy atom. The van der Waals surface area contributed by atoms with E-state index < -0.39 is 0 Å². The van der Waals surface area contributed by atoms with Gasteiger partial charge >= 0.3 is 0 Å². The zero-order chi connectivity index (χ0) is 16.1. The summed E-state index contributed by atoms with van der Waals surface area (Å²) in [7, 11) is 0. The highest BCUT2D eigenvalue weighted by Crippen LogP contribution is 2.22. The Balaban J connectivity index is 1.97. The van der Waals surface area contributed by atoms with Crippen molar-refractivity contribution < 1.29 is 9.59 Å². The molecule has 2 N–H and O–H groups in total. The molecule has 0 atom stereocenters. The van der Waals surface area contributed by atoms with Gasteiger partial charge in [-0.3, -0.25) is 9.59 Å². The summed E-state index contributed by atoms with van der Waals surface area (Å²) in [5.74, 6) is -0.103. The summed E-state index contributed by atoms with van der Waals surface area (Å²) in [5.41, 5.74) is 1.45. The van der Waals surface area contributed by atoms with Crippen molar-refractivity contribution in [3.63, 3.8) is 0 Å². The van der Waals surface area contributed by atoms with E-state index in [1.165, 1.54) is 10.9 Å². The molecule has 1 aromatic carbocycles. The number of halogens is 1. The van der Waals surface area contributed by atoms with Gasteiger partial charge in [0, 0.05) is 17.1 Å². The average molecular weight is 322 g/mol. The fourth-order valence-corrected chi connectivity index (χ4v) is 1.92. The molecule has 0 spiro atoms. The Bertz CT molecular complexity index is 698. The van der Waals surface area contributed by atoms with Crippen LogP contribution in [0.4, 0.5) is 11.5 Å². The minimum absolute atomic E-state index is 0.0129. The van der Waals surface area contributed by atoms with Crippen molar-refractivity contribution in [1.29, 1.82) is 0 Å². The smallest absolute Gasteiger partial charge is 0.246 e. The molecule has 0 saturated carbocycles. The van der Waals surface area contributed by atoms with Gasteiger partial charge in [0.15, 0.2) is 5.82 Å². The van der Waals surface area contributed by atoms with E-state index >= 15 is 0 Å². The van der Waals surface area contributed by atoms with Gasteiger partial charge in [-0.1, -0.05) is 29.8 Å². The van der Waals surface area contributed by atoms with E-state index in [4.69, 9.17) is 11.6 Å². The maximum Gasteiger partial charge on any atom is 0.246 e. The molecule has 0 radical (unpaired) electrons. The van der Waals surface area contributed by atoms with Crippen LogP contribution in [0.25, 0.3) is 0 Å². The SMILES string of the molecule is CCC(=O)Nc1cn(CC(=O)Nc2cccc(Cl)c2C)nn1. The van der Waals surface area contributed by atoms with E-state index in [1.807, 2.05) is 6.92 Å². The summed E-state index contributed by atoms with van der Waals surface area (Å²) < 4.78 is 1.35. The fraction of sp³-hybridized carbons (Fsp3) is 0.286. The Kier molecular flexibility index (Phi) is 5.11. The van der Waals surface area contributed by atoms with Crippen molar-refractivity contribution in [3.05, 3.63) is 35.0 Å². The van der Waals surface area contributed by atoms with E-state index in [-0.39, 0.29) is 18.4 Å². The zero-order valence-electron chi connectivity index (χ0n) is 12.3. The number of nitrogens with zero attached hydrogens (tertiary/aromatic N) is 3. The molecule has 0 aliphatic carbocycles. The van der Waals surface area contributed by atoms with Gasteiger partial charge in [0.25, 0.3) is 0 Å². The Morgan fingerprint density at radius 1 is 1.27 bits per heavy atom. The number of anilines is 2. The summed E-state index contributed by atoms with van der Waals surface area (Å²) in [6.07, 6.45) is 1.85. The maximum atomic E-state index is 12.0.